The van der Waals surface area contributed by atoms with Crippen LogP contribution in [0, 0.1) is 0 Å². The third-order valence-electron chi connectivity index (χ3n) is 2.73. The summed E-state index contributed by atoms with van der Waals surface area (Å²) in [5, 5.41) is 12.6. The number of aromatic nitrogens is 1. The molecular formula is C10H13N3O3S. The first kappa shape index (κ1) is 11.8. The van der Waals surface area contributed by atoms with Crippen LogP contribution in [0.3, 0.4) is 0 Å². The Bertz CT molecular complexity index is 446. The minimum atomic E-state index is -1.03. The third-order valence-corrected chi connectivity index (χ3v) is 3.49. The van der Waals surface area contributed by atoms with E-state index in [0.29, 0.717) is 18.0 Å². The van der Waals surface area contributed by atoms with Gasteiger partial charge in [0.05, 0.1) is 5.51 Å². The molecule has 1 aromatic rings. The Morgan fingerprint density at radius 1 is 1.71 bits per heavy atom. The highest BCUT2D eigenvalue weighted by Gasteiger charge is 2.24. The number of carbonyl (C=O) groups excluding carboxylic acids is 1. The van der Waals surface area contributed by atoms with Crippen LogP contribution in [0.5, 0.6) is 0 Å². The van der Waals surface area contributed by atoms with Crippen LogP contribution in [0.2, 0.25) is 0 Å². The molecule has 17 heavy (non-hydrogen) atoms. The predicted octanol–water partition coefficient (Wildman–Crippen LogP) is 0.874. The van der Waals surface area contributed by atoms with Gasteiger partial charge in [0.15, 0.2) is 5.69 Å². The zero-order valence-corrected chi connectivity index (χ0v) is 10.2. The molecule has 0 aromatic carbocycles. The van der Waals surface area contributed by atoms with Gasteiger partial charge in [0.25, 0.3) is 0 Å². The van der Waals surface area contributed by atoms with Crippen molar-refractivity contribution in [3.05, 3.63) is 11.2 Å². The van der Waals surface area contributed by atoms with E-state index in [1.165, 1.54) is 16.8 Å². The number of carboxylic acid groups (broad SMARTS) is 1. The number of thiazole rings is 1. The summed E-state index contributed by atoms with van der Waals surface area (Å²) in [6.45, 7) is 0.593. The van der Waals surface area contributed by atoms with Gasteiger partial charge >= 0.3 is 5.97 Å². The number of amides is 1. The molecule has 1 atom stereocenters. The zero-order chi connectivity index (χ0) is 12.4. The van der Waals surface area contributed by atoms with E-state index in [9.17, 15) is 9.59 Å². The number of piperidine rings is 1. The molecule has 7 heteroatoms. The van der Waals surface area contributed by atoms with Gasteiger partial charge in [-0.3, -0.25) is 4.79 Å². The van der Waals surface area contributed by atoms with E-state index >= 15 is 0 Å². The molecule has 0 spiro atoms. The molecule has 1 amide bonds. The van der Waals surface area contributed by atoms with Gasteiger partial charge in [0.1, 0.15) is 5.00 Å². The van der Waals surface area contributed by atoms with Gasteiger partial charge in [-0.15, -0.1) is 11.3 Å². The highest BCUT2D eigenvalue weighted by atomic mass is 32.1. The van der Waals surface area contributed by atoms with Gasteiger partial charge in [-0.05, 0) is 6.42 Å². The molecule has 0 bridgehead atoms. The molecule has 2 N–H and O–H groups in total. The molecule has 1 aliphatic heterocycles. The van der Waals surface area contributed by atoms with Crippen LogP contribution in [0.4, 0.5) is 5.00 Å². The van der Waals surface area contributed by atoms with Crippen LogP contribution >= 0.6 is 11.3 Å². The first-order valence-corrected chi connectivity index (χ1v) is 6.13. The Morgan fingerprint density at radius 3 is 3.12 bits per heavy atom. The lowest BCUT2D eigenvalue weighted by Crippen LogP contribution is -2.43. The highest BCUT2D eigenvalue weighted by Crippen LogP contribution is 2.23. The van der Waals surface area contributed by atoms with E-state index in [2.05, 4.69) is 10.3 Å². The molecule has 1 aromatic heterocycles. The summed E-state index contributed by atoms with van der Waals surface area (Å²) >= 11 is 1.27. The maximum Gasteiger partial charge on any atom is 0.357 e. The fraction of sp³-hybridized carbons (Fsp3) is 0.500. The summed E-state index contributed by atoms with van der Waals surface area (Å²) in [5.74, 6) is -0.903. The number of anilines is 1. The summed E-state index contributed by atoms with van der Waals surface area (Å²) in [7, 11) is 1.75. The third kappa shape index (κ3) is 2.55. The van der Waals surface area contributed by atoms with Crippen LogP contribution in [-0.4, -0.2) is 46.5 Å². The second-order valence-electron chi connectivity index (χ2n) is 3.99. The van der Waals surface area contributed by atoms with Gasteiger partial charge < -0.3 is 15.3 Å². The van der Waals surface area contributed by atoms with Crippen molar-refractivity contribution in [3.8, 4) is 0 Å². The van der Waals surface area contributed by atoms with E-state index in [0.717, 1.165) is 6.42 Å². The fourth-order valence-electron chi connectivity index (χ4n) is 1.82. The summed E-state index contributed by atoms with van der Waals surface area (Å²) in [6, 6.07) is 0.0937. The molecule has 1 fully saturated rings. The molecule has 92 valence electrons. The predicted molar refractivity (Wildman–Crippen MR) is 63.4 cm³/mol. The van der Waals surface area contributed by atoms with Crippen LogP contribution in [0.1, 0.15) is 23.3 Å². The van der Waals surface area contributed by atoms with Crippen LogP contribution in [0.15, 0.2) is 5.51 Å². The first-order valence-electron chi connectivity index (χ1n) is 5.25. The second kappa shape index (κ2) is 4.70. The summed E-state index contributed by atoms with van der Waals surface area (Å²) in [5.41, 5.74) is 1.55. The molecule has 0 saturated carbocycles. The number of likely N-dealkylation sites (N-methyl/N-ethyl adjacent to an activating group) is 1. The van der Waals surface area contributed by atoms with Crippen molar-refractivity contribution < 1.29 is 14.7 Å². The number of likely N-dealkylation sites (tertiary alicyclic amines) is 1. The average Bonchev–Trinajstić information content (AvgIpc) is 2.72. The lowest BCUT2D eigenvalue weighted by Gasteiger charge is -2.30. The summed E-state index contributed by atoms with van der Waals surface area (Å²) < 4.78 is 0. The van der Waals surface area contributed by atoms with Gasteiger partial charge in [-0.2, -0.15) is 0 Å². The Kier molecular flexibility index (Phi) is 3.28. The van der Waals surface area contributed by atoms with E-state index < -0.39 is 5.97 Å². The van der Waals surface area contributed by atoms with Gasteiger partial charge in [0.2, 0.25) is 5.91 Å². The number of nitrogens with zero attached hydrogens (tertiary/aromatic N) is 2. The van der Waals surface area contributed by atoms with Crippen molar-refractivity contribution in [2.45, 2.75) is 18.9 Å². The minimum absolute atomic E-state index is 0.0505. The first-order chi connectivity index (χ1) is 8.08. The molecule has 0 radical (unpaired) electrons. The number of carboxylic acids is 1. The van der Waals surface area contributed by atoms with Crippen molar-refractivity contribution in [2.75, 3.05) is 18.9 Å². The van der Waals surface area contributed by atoms with E-state index in [1.807, 2.05) is 0 Å². The van der Waals surface area contributed by atoms with Gasteiger partial charge in [-0.25, -0.2) is 9.78 Å². The maximum atomic E-state index is 11.3. The Morgan fingerprint density at radius 2 is 2.47 bits per heavy atom. The van der Waals surface area contributed by atoms with Gasteiger partial charge in [-0.1, -0.05) is 0 Å². The molecule has 6 nitrogen and oxygen atoms in total. The summed E-state index contributed by atoms with van der Waals surface area (Å²) in [4.78, 5) is 27.6. The summed E-state index contributed by atoms with van der Waals surface area (Å²) in [6.07, 6.45) is 1.22. The number of carbonyl (C=O) groups is 2. The zero-order valence-electron chi connectivity index (χ0n) is 9.34. The monoisotopic (exact) mass is 255 g/mol. The smallest absolute Gasteiger partial charge is 0.357 e. The van der Waals surface area contributed by atoms with Crippen molar-refractivity contribution in [3.63, 3.8) is 0 Å². The van der Waals surface area contributed by atoms with Gasteiger partial charge in [0, 0.05) is 26.1 Å². The van der Waals surface area contributed by atoms with Crippen LogP contribution in [-0.2, 0) is 4.79 Å². The molecule has 1 saturated heterocycles. The lowest BCUT2D eigenvalue weighted by molar-refractivity contribution is -0.132. The number of aromatic carboxylic acids is 1. The highest BCUT2D eigenvalue weighted by molar-refractivity contribution is 7.14. The SMILES string of the molecule is CN1CC(Nc2scnc2C(=O)O)CCC1=O. The normalized spacial score (nSPS) is 20.4. The van der Waals surface area contributed by atoms with Crippen molar-refractivity contribution in [2.24, 2.45) is 0 Å². The maximum absolute atomic E-state index is 11.3. The van der Waals surface area contributed by atoms with E-state index in [1.54, 1.807) is 11.9 Å². The topological polar surface area (TPSA) is 82.5 Å². The number of hydrogen-bond donors (Lipinski definition) is 2. The Balaban J connectivity index is 2.04. The van der Waals surface area contributed by atoms with E-state index in [-0.39, 0.29) is 17.6 Å². The largest absolute Gasteiger partial charge is 0.476 e. The average molecular weight is 255 g/mol. The molecule has 2 heterocycles. The number of rotatable bonds is 3. The quantitative estimate of drug-likeness (QED) is 0.837. The number of hydrogen-bond acceptors (Lipinski definition) is 5. The van der Waals surface area contributed by atoms with Crippen LogP contribution in [0.25, 0.3) is 0 Å². The molecule has 1 aliphatic rings. The van der Waals surface area contributed by atoms with Crippen LogP contribution < -0.4 is 5.32 Å². The second-order valence-corrected chi connectivity index (χ2v) is 4.84. The Hall–Kier alpha value is -1.63. The number of nitrogens with one attached hydrogen (secondary N) is 1. The molecule has 0 aliphatic carbocycles. The minimum Gasteiger partial charge on any atom is -0.476 e. The molecular weight excluding hydrogens is 242 g/mol. The van der Waals surface area contributed by atoms with Crippen molar-refractivity contribution in [1.29, 1.82) is 0 Å². The Labute approximate surface area is 102 Å². The fourth-order valence-corrected chi connectivity index (χ4v) is 2.57. The van der Waals surface area contributed by atoms with Crippen molar-refractivity contribution in [1.82, 2.24) is 9.88 Å². The lowest BCUT2D eigenvalue weighted by atomic mass is 10.1. The molecule has 2 rings (SSSR count). The van der Waals surface area contributed by atoms with Crippen molar-refractivity contribution >= 4 is 28.2 Å². The standard InChI is InChI=1S/C10H13N3O3S/c1-13-4-6(2-3-7(13)14)12-9-8(10(15)16)11-5-17-9/h5-6,12H,2-4H2,1H3,(H,15,16). The van der Waals surface area contributed by atoms with E-state index in [4.69, 9.17) is 5.11 Å². The molecule has 1 unspecified atom stereocenters.